The highest BCUT2D eigenvalue weighted by molar-refractivity contribution is 5.86. The molecule has 2 aromatic carbocycles. The Morgan fingerprint density at radius 1 is 1.00 bits per heavy atom. The molecular formula is C22H23NO7. The minimum atomic E-state index is -1.50. The molecule has 1 fully saturated rings. The van der Waals surface area contributed by atoms with E-state index in [1.807, 2.05) is 43.3 Å². The predicted molar refractivity (Wildman–Crippen MR) is 109 cm³/mol. The van der Waals surface area contributed by atoms with Crippen molar-refractivity contribution in [3.8, 4) is 16.9 Å². The maximum absolute atomic E-state index is 12.1. The topological polar surface area (TPSA) is 132 Å². The van der Waals surface area contributed by atoms with Gasteiger partial charge < -0.3 is 34.9 Å². The van der Waals surface area contributed by atoms with Crippen LogP contribution in [0.2, 0.25) is 0 Å². The van der Waals surface area contributed by atoms with E-state index in [9.17, 15) is 25.2 Å². The van der Waals surface area contributed by atoms with Crippen LogP contribution in [0.5, 0.6) is 5.75 Å². The number of aliphatic hydroxyl groups excluding tert-OH is 4. The van der Waals surface area contributed by atoms with Crippen LogP contribution in [0.15, 0.2) is 53.5 Å². The Kier molecular flexibility index (Phi) is 5.59. The second-order valence-corrected chi connectivity index (χ2v) is 7.40. The maximum Gasteiger partial charge on any atom is 0.255 e. The quantitative estimate of drug-likeness (QED) is 0.425. The molecule has 0 spiro atoms. The molecule has 1 aromatic heterocycles. The van der Waals surface area contributed by atoms with Crippen LogP contribution in [0, 0.1) is 6.92 Å². The van der Waals surface area contributed by atoms with Crippen LogP contribution >= 0.6 is 0 Å². The van der Waals surface area contributed by atoms with Gasteiger partial charge in [-0.05, 0) is 53.3 Å². The molecule has 0 unspecified atom stereocenters. The number of benzene rings is 2. The number of aromatic amines is 1. The number of hydrogen-bond donors (Lipinski definition) is 5. The number of nitrogens with one attached hydrogen (secondary N) is 1. The highest BCUT2D eigenvalue weighted by Gasteiger charge is 2.44. The minimum absolute atomic E-state index is 0.159. The Hall–Kier alpha value is -2.75. The SMILES string of the molecule is Cc1cc(-c2ccc3cc[nH]c(=O)c3c2)ccc1O[C@H]1O[C@H](CO)[C@@H](O)[C@H](O)[C@@H]1O. The van der Waals surface area contributed by atoms with Crippen LogP contribution in [0.3, 0.4) is 0 Å². The Balaban J connectivity index is 1.59. The summed E-state index contributed by atoms with van der Waals surface area (Å²) in [5.74, 6) is 0.418. The second-order valence-electron chi connectivity index (χ2n) is 7.40. The van der Waals surface area contributed by atoms with Crippen molar-refractivity contribution >= 4 is 10.8 Å². The summed E-state index contributed by atoms with van der Waals surface area (Å²) in [7, 11) is 0. The van der Waals surface area contributed by atoms with Gasteiger partial charge in [0.1, 0.15) is 30.2 Å². The third kappa shape index (κ3) is 3.71. The molecule has 158 valence electrons. The summed E-state index contributed by atoms with van der Waals surface area (Å²) in [4.78, 5) is 14.7. The summed E-state index contributed by atoms with van der Waals surface area (Å²) < 4.78 is 11.1. The third-order valence-electron chi connectivity index (χ3n) is 5.38. The van der Waals surface area contributed by atoms with Gasteiger partial charge in [0.05, 0.1) is 6.61 Å². The number of fused-ring (bicyclic) bond motifs is 1. The van der Waals surface area contributed by atoms with Crippen LogP contribution in [0.25, 0.3) is 21.9 Å². The first-order valence-corrected chi connectivity index (χ1v) is 9.58. The fraction of sp³-hybridized carbons (Fsp3) is 0.318. The summed E-state index contributed by atoms with van der Waals surface area (Å²) in [5, 5.41) is 40.7. The van der Waals surface area contributed by atoms with Gasteiger partial charge in [0.25, 0.3) is 5.56 Å². The molecule has 2 heterocycles. The largest absolute Gasteiger partial charge is 0.462 e. The van der Waals surface area contributed by atoms with Gasteiger partial charge in [-0.25, -0.2) is 0 Å². The van der Waals surface area contributed by atoms with Gasteiger partial charge in [-0.3, -0.25) is 4.79 Å². The zero-order chi connectivity index (χ0) is 21.4. The molecule has 0 bridgehead atoms. The molecule has 1 saturated heterocycles. The molecular weight excluding hydrogens is 390 g/mol. The average Bonchev–Trinajstić information content (AvgIpc) is 2.75. The van der Waals surface area contributed by atoms with Gasteiger partial charge in [-0.2, -0.15) is 0 Å². The van der Waals surface area contributed by atoms with E-state index in [0.29, 0.717) is 11.1 Å². The molecule has 0 radical (unpaired) electrons. The summed E-state index contributed by atoms with van der Waals surface area (Å²) >= 11 is 0. The highest BCUT2D eigenvalue weighted by Crippen LogP contribution is 2.30. The summed E-state index contributed by atoms with van der Waals surface area (Å²) in [5.41, 5.74) is 2.32. The van der Waals surface area contributed by atoms with Crippen molar-refractivity contribution in [3.05, 3.63) is 64.6 Å². The average molecular weight is 413 g/mol. The van der Waals surface area contributed by atoms with Crippen molar-refractivity contribution in [2.24, 2.45) is 0 Å². The van der Waals surface area contributed by atoms with Gasteiger partial charge in [-0.1, -0.05) is 18.2 Å². The Bertz CT molecular complexity index is 1110. The van der Waals surface area contributed by atoms with E-state index in [1.165, 1.54) is 0 Å². The Labute approximate surface area is 172 Å². The van der Waals surface area contributed by atoms with Gasteiger partial charge in [0, 0.05) is 11.6 Å². The minimum Gasteiger partial charge on any atom is -0.462 e. The fourth-order valence-electron chi connectivity index (χ4n) is 3.61. The van der Waals surface area contributed by atoms with Crippen molar-refractivity contribution in [2.45, 2.75) is 37.6 Å². The van der Waals surface area contributed by atoms with Crippen molar-refractivity contribution in [1.82, 2.24) is 4.98 Å². The van der Waals surface area contributed by atoms with E-state index in [1.54, 1.807) is 12.3 Å². The lowest BCUT2D eigenvalue weighted by Crippen LogP contribution is -2.60. The van der Waals surface area contributed by atoms with Gasteiger partial charge in [-0.15, -0.1) is 0 Å². The second kappa shape index (κ2) is 8.17. The molecule has 1 aliphatic heterocycles. The van der Waals surface area contributed by atoms with Crippen molar-refractivity contribution < 1.29 is 29.9 Å². The van der Waals surface area contributed by atoms with Crippen LogP contribution < -0.4 is 10.3 Å². The molecule has 0 saturated carbocycles. The zero-order valence-corrected chi connectivity index (χ0v) is 16.2. The van der Waals surface area contributed by atoms with E-state index in [4.69, 9.17) is 9.47 Å². The monoisotopic (exact) mass is 413 g/mol. The van der Waals surface area contributed by atoms with E-state index < -0.39 is 37.3 Å². The number of H-pyrrole nitrogens is 1. The summed E-state index contributed by atoms with van der Waals surface area (Å²) in [6.07, 6.45) is -5.10. The van der Waals surface area contributed by atoms with Crippen molar-refractivity contribution in [3.63, 3.8) is 0 Å². The van der Waals surface area contributed by atoms with Gasteiger partial charge in [0.15, 0.2) is 0 Å². The Morgan fingerprint density at radius 3 is 2.47 bits per heavy atom. The molecule has 30 heavy (non-hydrogen) atoms. The molecule has 8 heteroatoms. The lowest BCUT2D eigenvalue weighted by atomic mass is 9.99. The molecule has 8 nitrogen and oxygen atoms in total. The molecule has 0 aliphatic carbocycles. The lowest BCUT2D eigenvalue weighted by molar-refractivity contribution is -0.277. The summed E-state index contributed by atoms with van der Waals surface area (Å²) in [6.45, 7) is 1.29. The normalized spacial score (nSPS) is 26.6. The first-order valence-electron chi connectivity index (χ1n) is 9.58. The van der Waals surface area contributed by atoms with E-state index in [2.05, 4.69) is 4.98 Å². The fourth-order valence-corrected chi connectivity index (χ4v) is 3.61. The number of rotatable bonds is 4. The number of hydrogen-bond acceptors (Lipinski definition) is 7. The van der Waals surface area contributed by atoms with Crippen LogP contribution in [-0.2, 0) is 4.74 Å². The van der Waals surface area contributed by atoms with E-state index in [-0.39, 0.29) is 5.56 Å². The molecule has 5 N–H and O–H groups in total. The molecule has 5 atom stereocenters. The molecule has 0 amide bonds. The molecule has 3 aromatic rings. The zero-order valence-electron chi connectivity index (χ0n) is 16.2. The first kappa shape index (κ1) is 20.5. The molecule has 1 aliphatic rings. The first-order chi connectivity index (χ1) is 14.4. The number of aliphatic hydroxyl groups is 4. The van der Waals surface area contributed by atoms with E-state index in [0.717, 1.165) is 22.1 Å². The lowest BCUT2D eigenvalue weighted by Gasteiger charge is -2.39. The third-order valence-corrected chi connectivity index (χ3v) is 5.38. The van der Waals surface area contributed by atoms with Gasteiger partial charge in [0.2, 0.25) is 6.29 Å². The highest BCUT2D eigenvalue weighted by atomic mass is 16.7. The maximum atomic E-state index is 12.1. The van der Waals surface area contributed by atoms with Crippen LogP contribution in [-0.4, -0.2) is 62.7 Å². The van der Waals surface area contributed by atoms with Crippen LogP contribution in [0.4, 0.5) is 0 Å². The molecule has 4 rings (SSSR count). The Morgan fingerprint density at radius 2 is 1.73 bits per heavy atom. The van der Waals surface area contributed by atoms with Gasteiger partial charge >= 0.3 is 0 Å². The number of aromatic nitrogens is 1. The van der Waals surface area contributed by atoms with Crippen molar-refractivity contribution in [1.29, 1.82) is 0 Å². The van der Waals surface area contributed by atoms with E-state index >= 15 is 0 Å². The van der Waals surface area contributed by atoms with Crippen molar-refractivity contribution in [2.75, 3.05) is 6.61 Å². The number of pyridine rings is 1. The number of ether oxygens (including phenoxy) is 2. The number of aryl methyl sites for hydroxylation is 1. The standard InChI is InChI=1S/C22H23NO7/c1-11-8-13(14-3-2-12-6-7-23-21(28)15(12)9-14)4-5-16(11)29-22-20(27)19(26)18(25)17(10-24)30-22/h2-9,17-20,22,24-27H,10H2,1H3,(H,23,28)/t17-,18-,19+,20+,22+/m1/s1. The summed E-state index contributed by atoms with van der Waals surface area (Å²) in [6, 6.07) is 12.8. The van der Waals surface area contributed by atoms with Crippen LogP contribution in [0.1, 0.15) is 5.56 Å². The predicted octanol–water partition coefficient (Wildman–Crippen LogP) is 0.682. The smallest absolute Gasteiger partial charge is 0.255 e.